The Kier molecular flexibility index (Phi) is 5.05. The van der Waals surface area contributed by atoms with Crippen molar-refractivity contribution < 1.29 is 8.78 Å². The third kappa shape index (κ3) is 3.98. The average Bonchev–Trinajstić information content (AvgIpc) is 3.69. The van der Waals surface area contributed by atoms with Crippen molar-refractivity contribution in [3.8, 4) is 28.5 Å². The second-order valence-corrected chi connectivity index (χ2v) is 9.60. The third-order valence-electron chi connectivity index (χ3n) is 6.74. The number of aryl methyl sites for hydroxylation is 1. The highest BCUT2D eigenvalue weighted by Crippen LogP contribution is 2.30. The Morgan fingerprint density at radius 1 is 1.11 bits per heavy atom. The fraction of sp³-hybridized carbons (Fsp3) is 0.231. The highest BCUT2D eigenvalue weighted by Gasteiger charge is 2.37. The number of alkyl halides is 2. The molecule has 1 fully saturated rings. The van der Waals surface area contributed by atoms with Crippen molar-refractivity contribution in [1.29, 1.82) is 0 Å². The molecule has 1 saturated heterocycles. The van der Waals surface area contributed by atoms with E-state index in [1.807, 2.05) is 42.0 Å². The number of aromatic amines is 2. The minimum atomic E-state index is -2.63. The van der Waals surface area contributed by atoms with Crippen LogP contribution in [0.25, 0.3) is 50.7 Å². The summed E-state index contributed by atoms with van der Waals surface area (Å²) < 4.78 is 29.2. The van der Waals surface area contributed by atoms with E-state index in [9.17, 15) is 8.78 Å². The molecule has 0 unspecified atom stereocenters. The van der Waals surface area contributed by atoms with Crippen LogP contribution in [-0.4, -0.2) is 68.6 Å². The van der Waals surface area contributed by atoms with Crippen LogP contribution < -0.4 is 0 Å². The second-order valence-electron chi connectivity index (χ2n) is 9.60. The molecule has 0 spiro atoms. The van der Waals surface area contributed by atoms with Gasteiger partial charge in [0.25, 0.3) is 5.92 Å². The minimum Gasteiger partial charge on any atom is -0.333 e. The number of fused-ring (bicyclic) bond motifs is 2. The predicted molar refractivity (Wildman–Crippen MR) is 137 cm³/mol. The Morgan fingerprint density at radius 2 is 2.03 bits per heavy atom. The summed E-state index contributed by atoms with van der Waals surface area (Å²) in [6.45, 7) is 2.49. The van der Waals surface area contributed by atoms with Crippen LogP contribution in [0.3, 0.4) is 0 Å². The Bertz CT molecular complexity index is 1800. The summed E-state index contributed by atoms with van der Waals surface area (Å²) in [5.41, 5.74) is 7.42. The van der Waals surface area contributed by atoms with Gasteiger partial charge >= 0.3 is 0 Å². The van der Waals surface area contributed by atoms with Gasteiger partial charge in [-0.2, -0.15) is 5.10 Å². The molecule has 6 aromatic rings. The Labute approximate surface area is 214 Å². The molecular weight excluding hydrogens is 490 g/mol. The van der Waals surface area contributed by atoms with E-state index in [0.717, 1.165) is 33.5 Å². The standard InChI is InChI=1S/C26H22F2N10/c1-15-11-38(14-31-15)20-4-6-30-24-22(20)33-25(34-24)23-21-19(35-36-23)3-2-18(32-21)17-8-16(9-29-10-17)12-37-7-5-26(27,28)13-37/h2-4,6,8-11,14H,5,7,12-13H2,1H3,(H,35,36)(H,30,33,34). The zero-order chi connectivity index (χ0) is 25.9. The highest BCUT2D eigenvalue weighted by molar-refractivity contribution is 5.92. The zero-order valence-electron chi connectivity index (χ0n) is 20.4. The lowest BCUT2D eigenvalue weighted by atomic mass is 10.1. The fourth-order valence-corrected chi connectivity index (χ4v) is 4.92. The maximum absolute atomic E-state index is 13.6. The Morgan fingerprint density at radius 3 is 2.84 bits per heavy atom. The summed E-state index contributed by atoms with van der Waals surface area (Å²) in [6, 6.07) is 7.63. The van der Waals surface area contributed by atoms with Crippen LogP contribution in [0.1, 0.15) is 17.7 Å². The number of hydrogen-bond donors (Lipinski definition) is 2. The molecular formula is C26H22F2N10. The Balaban J connectivity index is 1.24. The molecule has 0 aromatic carbocycles. The molecule has 6 aromatic heterocycles. The van der Waals surface area contributed by atoms with Crippen molar-refractivity contribution in [1.82, 2.24) is 49.6 Å². The molecule has 0 bridgehead atoms. The van der Waals surface area contributed by atoms with E-state index in [1.54, 1.807) is 29.8 Å². The van der Waals surface area contributed by atoms with Crippen LogP contribution in [0.5, 0.6) is 0 Å². The third-order valence-corrected chi connectivity index (χ3v) is 6.74. The molecule has 1 aliphatic rings. The van der Waals surface area contributed by atoms with Gasteiger partial charge in [-0.1, -0.05) is 0 Å². The number of nitrogens with zero attached hydrogens (tertiary/aromatic N) is 8. The van der Waals surface area contributed by atoms with E-state index in [-0.39, 0.29) is 13.0 Å². The van der Waals surface area contributed by atoms with Crippen LogP contribution in [0.15, 0.2) is 55.4 Å². The van der Waals surface area contributed by atoms with Crippen molar-refractivity contribution in [3.63, 3.8) is 0 Å². The van der Waals surface area contributed by atoms with Crippen LogP contribution in [-0.2, 0) is 6.54 Å². The van der Waals surface area contributed by atoms with E-state index in [0.29, 0.717) is 41.5 Å². The van der Waals surface area contributed by atoms with E-state index in [1.165, 1.54) is 0 Å². The topological polar surface area (TPSA) is 117 Å². The molecule has 38 heavy (non-hydrogen) atoms. The molecule has 7 rings (SSSR count). The minimum absolute atomic E-state index is 0.109. The van der Waals surface area contributed by atoms with Gasteiger partial charge in [0.1, 0.15) is 11.0 Å². The number of likely N-dealkylation sites (tertiary alicyclic amines) is 1. The predicted octanol–water partition coefficient (Wildman–Crippen LogP) is 4.29. The van der Waals surface area contributed by atoms with Crippen LogP contribution in [0.4, 0.5) is 8.78 Å². The van der Waals surface area contributed by atoms with Crippen molar-refractivity contribution in [2.45, 2.75) is 25.8 Å². The largest absolute Gasteiger partial charge is 0.333 e. The fourth-order valence-electron chi connectivity index (χ4n) is 4.92. The molecule has 10 nitrogen and oxygen atoms in total. The second kappa shape index (κ2) is 8.48. The van der Waals surface area contributed by atoms with Gasteiger partial charge in [0.2, 0.25) is 0 Å². The highest BCUT2D eigenvalue weighted by atomic mass is 19.3. The van der Waals surface area contributed by atoms with Crippen LogP contribution in [0, 0.1) is 6.92 Å². The van der Waals surface area contributed by atoms with Gasteiger partial charge in [0.05, 0.1) is 35.5 Å². The zero-order valence-corrected chi connectivity index (χ0v) is 20.4. The number of aromatic nitrogens is 9. The molecule has 7 heterocycles. The first kappa shape index (κ1) is 22.6. The van der Waals surface area contributed by atoms with Crippen LogP contribution in [0.2, 0.25) is 0 Å². The molecule has 0 amide bonds. The first-order valence-corrected chi connectivity index (χ1v) is 12.2. The van der Waals surface area contributed by atoms with Gasteiger partial charge in [0.15, 0.2) is 17.2 Å². The van der Waals surface area contributed by atoms with Crippen molar-refractivity contribution in [2.75, 3.05) is 13.1 Å². The van der Waals surface area contributed by atoms with Gasteiger partial charge in [0, 0.05) is 49.9 Å². The van der Waals surface area contributed by atoms with E-state index in [4.69, 9.17) is 4.98 Å². The lowest BCUT2D eigenvalue weighted by Gasteiger charge is -2.15. The van der Waals surface area contributed by atoms with Crippen molar-refractivity contribution >= 4 is 22.2 Å². The van der Waals surface area contributed by atoms with Crippen LogP contribution >= 0.6 is 0 Å². The maximum atomic E-state index is 13.6. The summed E-state index contributed by atoms with van der Waals surface area (Å²) in [4.78, 5) is 27.7. The summed E-state index contributed by atoms with van der Waals surface area (Å²) in [7, 11) is 0. The number of rotatable bonds is 5. The number of halogens is 2. The van der Waals surface area contributed by atoms with Crippen molar-refractivity contribution in [2.24, 2.45) is 0 Å². The maximum Gasteiger partial charge on any atom is 0.261 e. The number of nitrogens with one attached hydrogen (secondary N) is 2. The molecule has 190 valence electrons. The number of imidazole rings is 2. The summed E-state index contributed by atoms with van der Waals surface area (Å²) in [5.74, 6) is -2.09. The smallest absolute Gasteiger partial charge is 0.261 e. The van der Waals surface area contributed by atoms with Gasteiger partial charge < -0.3 is 9.55 Å². The number of pyridine rings is 3. The average molecular weight is 513 g/mol. The summed E-state index contributed by atoms with van der Waals surface area (Å²) in [5, 5.41) is 7.51. The first-order valence-electron chi connectivity index (χ1n) is 12.2. The van der Waals surface area contributed by atoms with Gasteiger partial charge in [-0.25, -0.2) is 28.7 Å². The molecule has 12 heteroatoms. The quantitative estimate of drug-likeness (QED) is 0.354. The molecule has 2 N–H and O–H groups in total. The normalized spacial score (nSPS) is 15.7. The van der Waals surface area contributed by atoms with Gasteiger partial charge in [-0.05, 0) is 36.8 Å². The molecule has 0 radical (unpaired) electrons. The number of H-pyrrole nitrogens is 2. The summed E-state index contributed by atoms with van der Waals surface area (Å²) >= 11 is 0. The van der Waals surface area contributed by atoms with Crippen molar-refractivity contribution in [3.05, 3.63) is 66.6 Å². The van der Waals surface area contributed by atoms with E-state index >= 15 is 0 Å². The number of hydrogen-bond acceptors (Lipinski definition) is 7. The molecule has 0 aliphatic carbocycles. The van der Waals surface area contributed by atoms with E-state index in [2.05, 4.69) is 35.1 Å². The molecule has 1 aliphatic heterocycles. The first-order chi connectivity index (χ1) is 18.4. The summed E-state index contributed by atoms with van der Waals surface area (Å²) in [6.07, 6.45) is 8.72. The Hall–Kier alpha value is -4.58. The SMILES string of the molecule is Cc1cn(-c2ccnc3nc(-c4n[nH]c5ccc(-c6cncc(CN7CCC(F)(F)C7)c6)nc45)[nH]c23)cn1. The lowest BCUT2D eigenvalue weighted by Crippen LogP contribution is -2.24. The van der Waals surface area contributed by atoms with Gasteiger partial charge in [-0.3, -0.25) is 15.0 Å². The molecule has 0 atom stereocenters. The molecule has 0 saturated carbocycles. The van der Waals surface area contributed by atoms with E-state index < -0.39 is 5.92 Å². The monoisotopic (exact) mass is 512 g/mol. The van der Waals surface area contributed by atoms with Gasteiger partial charge in [-0.15, -0.1) is 0 Å². The lowest BCUT2D eigenvalue weighted by molar-refractivity contribution is 0.0115.